The number of carbonyl (C=O) groups excluding carboxylic acids is 2. The lowest BCUT2D eigenvalue weighted by Gasteiger charge is -2.34. The predicted molar refractivity (Wildman–Crippen MR) is 109 cm³/mol. The van der Waals surface area contributed by atoms with Gasteiger partial charge in [-0.05, 0) is 19.1 Å². The van der Waals surface area contributed by atoms with Gasteiger partial charge in [-0.15, -0.1) is 10.2 Å². The molecule has 2 amide bonds. The molecule has 0 saturated carbocycles. The van der Waals surface area contributed by atoms with E-state index < -0.39 is 0 Å². The summed E-state index contributed by atoms with van der Waals surface area (Å²) in [6.07, 6.45) is -0.322. The van der Waals surface area contributed by atoms with Crippen LogP contribution in [0.25, 0.3) is 11.4 Å². The normalized spacial score (nSPS) is 14.0. The minimum atomic E-state index is -0.322. The maximum absolute atomic E-state index is 12.6. The van der Waals surface area contributed by atoms with E-state index in [-0.39, 0.29) is 17.8 Å². The van der Waals surface area contributed by atoms with Crippen molar-refractivity contribution in [3.05, 3.63) is 24.3 Å². The number of amides is 2. The van der Waals surface area contributed by atoms with E-state index >= 15 is 0 Å². The number of benzene rings is 1. The monoisotopic (exact) mass is 419 g/mol. The molecule has 2 aromatic rings. The average molecular weight is 420 g/mol. The second-order valence-electron chi connectivity index (χ2n) is 6.42. The first-order valence-electron chi connectivity index (χ1n) is 9.40. The predicted octanol–water partition coefficient (Wildman–Crippen LogP) is 1.88. The molecule has 1 fully saturated rings. The van der Waals surface area contributed by atoms with Crippen LogP contribution in [0.4, 0.5) is 4.79 Å². The molecule has 1 aromatic heterocycles. The number of ether oxygens (including phenoxy) is 2. The second-order valence-corrected chi connectivity index (χ2v) is 7.36. The van der Waals surface area contributed by atoms with Crippen LogP contribution in [0.15, 0.2) is 29.4 Å². The first-order chi connectivity index (χ1) is 14.0. The van der Waals surface area contributed by atoms with Gasteiger partial charge in [-0.3, -0.25) is 4.79 Å². The van der Waals surface area contributed by atoms with Gasteiger partial charge in [-0.2, -0.15) is 0 Å². The summed E-state index contributed by atoms with van der Waals surface area (Å²) in [4.78, 5) is 27.7. The summed E-state index contributed by atoms with van der Waals surface area (Å²) in [6, 6.07) is 7.61. The van der Waals surface area contributed by atoms with Crippen LogP contribution >= 0.6 is 11.8 Å². The summed E-state index contributed by atoms with van der Waals surface area (Å²) >= 11 is 1.35. The summed E-state index contributed by atoms with van der Waals surface area (Å²) in [5.74, 6) is 1.67. The molecule has 29 heavy (non-hydrogen) atoms. The van der Waals surface area contributed by atoms with Crippen molar-refractivity contribution in [1.82, 2.24) is 24.6 Å². The van der Waals surface area contributed by atoms with Crippen LogP contribution in [0.1, 0.15) is 6.92 Å². The Morgan fingerprint density at radius 1 is 1.10 bits per heavy atom. The van der Waals surface area contributed by atoms with Crippen molar-refractivity contribution in [2.45, 2.75) is 12.1 Å². The van der Waals surface area contributed by atoms with Gasteiger partial charge in [0.15, 0.2) is 11.0 Å². The number of rotatable bonds is 6. The molecule has 0 aliphatic carbocycles. The molecule has 9 nitrogen and oxygen atoms in total. The van der Waals surface area contributed by atoms with E-state index in [2.05, 4.69) is 10.2 Å². The molecule has 1 aliphatic rings. The van der Waals surface area contributed by atoms with Gasteiger partial charge in [0.05, 0.1) is 25.0 Å². The third kappa shape index (κ3) is 4.81. The van der Waals surface area contributed by atoms with Crippen LogP contribution in [0.3, 0.4) is 0 Å². The molecule has 2 heterocycles. The van der Waals surface area contributed by atoms with Gasteiger partial charge in [-0.1, -0.05) is 23.9 Å². The molecule has 0 bridgehead atoms. The Labute approximate surface area is 174 Å². The number of aromatic nitrogens is 3. The molecule has 0 N–H and O–H groups in total. The Morgan fingerprint density at radius 3 is 2.48 bits per heavy atom. The standard InChI is InChI=1S/C19H25N5O4S/c1-4-28-19(26)24-11-9-23(10-12-24)16(25)13-29-18-21-20-17(22(18)2)14-7-5-6-8-15(14)27-3/h5-8H,4,9-13H2,1-3H3. The molecule has 1 aliphatic heterocycles. The zero-order chi connectivity index (χ0) is 20.8. The third-order valence-corrected chi connectivity index (χ3v) is 5.67. The lowest BCUT2D eigenvalue weighted by atomic mass is 10.2. The van der Waals surface area contributed by atoms with Crippen molar-refractivity contribution in [3.8, 4) is 17.1 Å². The van der Waals surface area contributed by atoms with Crippen molar-refractivity contribution in [3.63, 3.8) is 0 Å². The molecule has 1 aromatic carbocycles. The van der Waals surface area contributed by atoms with E-state index in [9.17, 15) is 9.59 Å². The molecular formula is C19H25N5O4S. The van der Waals surface area contributed by atoms with Crippen molar-refractivity contribution in [2.24, 2.45) is 7.05 Å². The second kappa shape index (κ2) is 9.64. The molecule has 0 spiro atoms. The van der Waals surface area contributed by atoms with Gasteiger partial charge in [0, 0.05) is 33.2 Å². The minimum Gasteiger partial charge on any atom is -0.496 e. The van der Waals surface area contributed by atoms with E-state index in [1.807, 2.05) is 35.9 Å². The zero-order valence-corrected chi connectivity index (χ0v) is 17.6. The van der Waals surface area contributed by atoms with E-state index in [1.165, 1.54) is 11.8 Å². The molecule has 0 radical (unpaired) electrons. The number of hydrogen-bond donors (Lipinski definition) is 0. The Kier molecular flexibility index (Phi) is 6.97. The van der Waals surface area contributed by atoms with Gasteiger partial charge in [0.2, 0.25) is 5.91 Å². The third-order valence-electron chi connectivity index (χ3n) is 4.67. The van der Waals surface area contributed by atoms with Crippen LogP contribution in [0.5, 0.6) is 5.75 Å². The van der Waals surface area contributed by atoms with Crippen LogP contribution < -0.4 is 4.74 Å². The summed E-state index contributed by atoms with van der Waals surface area (Å²) in [5, 5.41) is 9.14. The lowest BCUT2D eigenvalue weighted by molar-refractivity contribution is -0.129. The van der Waals surface area contributed by atoms with Crippen LogP contribution in [-0.2, 0) is 16.6 Å². The molecule has 0 atom stereocenters. The Balaban J connectivity index is 1.57. The van der Waals surface area contributed by atoms with E-state index in [4.69, 9.17) is 9.47 Å². The van der Waals surface area contributed by atoms with Gasteiger partial charge in [-0.25, -0.2) is 4.79 Å². The number of para-hydroxylation sites is 1. The maximum Gasteiger partial charge on any atom is 0.409 e. The van der Waals surface area contributed by atoms with Crippen molar-refractivity contribution < 1.29 is 19.1 Å². The summed E-state index contributed by atoms with van der Waals surface area (Å²) in [5.41, 5.74) is 0.846. The summed E-state index contributed by atoms with van der Waals surface area (Å²) in [6.45, 7) is 4.10. The van der Waals surface area contributed by atoms with Gasteiger partial charge >= 0.3 is 6.09 Å². The highest BCUT2D eigenvalue weighted by molar-refractivity contribution is 7.99. The highest BCUT2D eigenvalue weighted by atomic mass is 32.2. The van der Waals surface area contributed by atoms with E-state index in [1.54, 1.807) is 23.8 Å². The van der Waals surface area contributed by atoms with E-state index in [0.29, 0.717) is 43.8 Å². The highest BCUT2D eigenvalue weighted by Crippen LogP contribution is 2.30. The Hall–Kier alpha value is -2.75. The fourth-order valence-corrected chi connectivity index (χ4v) is 3.89. The number of thioether (sulfide) groups is 1. The number of carbonyl (C=O) groups is 2. The number of methoxy groups -OCH3 is 1. The van der Waals surface area contributed by atoms with E-state index in [0.717, 1.165) is 11.3 Å². The van der Waals surface area contributed by atoms with Crippen LogP contribution in [0, 0.1) is 0 Å². The molecular weight excluding hydrogens is 394 g/mol. The first kappa shape index (κ1) is 21.0. The number of piperazine rings is 1. The smallest absolute Gasteiger partial charge is 0.409 e. The Bertz CT molecular complexity index is 864. The van der Waals surface area contributed by atoms with Crippen LogP contribution in [-0.4, -0.2) is 82.2 Å². The molecule has 1 saturated heterocycles. The minimum absolute atomic E-state index is 0.0142. The molecule has 0 unspecified atom stereocenters. The van der Waals surface area contributed by atoms with Crippen LogP contribution in [0.2, 0.25) is 0 Å². The van der Waals surface area contributed by atoms with Crippen molar-refractivity contribution in [1.29, 1.82) is 0 Å². The number of hydrogen-bond acceptors (Lipinski definition) is 7. The fraction of sp³-hybridized carbons (Fsp3) is 0.474. The molecule has 3 rings (SSSR count). The average Bonchev–Trinajstić information content (AvgIpc) is 3.12. The largest absolute Gasteiger partial charge is 0.496 e. The fourth-order valence-electron chi connectivity index (χ4n) is 3.08. The molecule has 156 valence electrons. The van der Waals surface area contributed by atoms with Crippen molar-refractivity contribution in [2.75, 3.05) is 45.6 Å². The number of nitrogens with zero attached hydrogens (tertiary/aromatic N) is 5. The SMILES string of the molecule is CCOC(=O)N1CCN(C(=O)CSc2nnc(-c3ccccc3OC)n2C)CC1. The maximum atomic E-state index is 12.6. The van der Waals surface area contributed by atoms with Gasteiger partial charge < -0.3 is 23.8 Å². The molecule has 10 heteroatoms. The Morgan fingerprint density at radius 2 is 1.79 bits per heavy atom. The van der Waals surface area contributed by atoms with Gasteiger partial charge in [0.25, 0.3) is 0 Å². The summed E-state index contributed by atoms with van der Waals surface area (Å²) < 4.78 is 12.3. The quantitative estimate of drug-likeness (QED) is 0.661. The zero-order valence-electron chi connectivity index (χ0n) is 16.8. The highest BCUT2D eigenvalue weighted by Gasteiger charge is 2.25. The van der Waals surface area contributed by atoms with Gasteiger partial charge in [0.1, 0.15) is 5.75 Å². The topological polar surface area (TPSA) is 89.8 Å². The van der Waals surface area contributed by atoms with Crippen molar-refractivity contribution >= 4 is 23.8 Å². The first-order valence-corrected chi connectivity index (χ1v) is 10.4. The summed E-state index contributed by atoms with van der Waals surface area (Å²) in [7, 11) is 3.48. The lowest BCUT2D eigenvalue weighted by Crippen LogP contribution is -2.51.